The van der Waals surface area contributed by atoms with E-state index in [0.717, 1.165) is 18.5 Å². The molecule has 0 amide bonds. The average molecular weight is 419 g/mol. The van der Waals surface area contributed by atoms with Gasteiger partial charge in [-0.25, -0.2) is 14.8 Å². The molecule has 0 spiro atoms. The van der Waals surface area contributed by atoms with Crippen molar-refractivity contribution in [2.45, 2.75) is 26.2 Å². The van der Waals surface area contributed by atoms with E-state index in [9.17, 15) is 18.3 Å². The van der Waals surface area contributed by atoms with Crippen LogP contribution in [0.2, 0.25) is 0 Å². The van der Waals surface area contributed by atoms with Gasteiger partial charge in [0, 0.05) is 44.9 Å². The highest BCUT2D eigenvalue weighted by Gasteiger charge is 2.30. The average Bonchev–Trinajstić information content (AvgIpc) is 2.67. The fraction of sp³-hybridized carbons (Fsp3) is 0.450. The van der Waals surface area contributed by atoms with E-state index in [4.69, 9.17) is 0 Å². The number of hydrogen-bond donors (Lipinski definition) is 1. The lowest BCUT2D eigenvalue weighted by atomic mass is 9.94. The van der Waals surface area contributed by atoms with Crippen molar-refractivity contribution in [3.63, 3.8) is 0 Å². The topological polar surface area (TPSA) is 104 Å². The smallest absolute Gasteiger partial charge is 0.336 e. The van der Waals surface area contributed by atoms with Crippen LogP contribution < -0.4 is 0 Å². The Balaban J connectivity index is 1.77. The Bertz CT molecular complexity index is 999. The Labute approximate surface area is 171 Å². The van der Waals surface area contributed by atoms with E-state index < -0.39 is 16.2 Å². The molecule has 2 aromatic rings. The van der Waals surface area contributed by atoms with Gasteiger partial charge >= 0.3 is 5.97 Å². The number of piperidine rings is 1. The molecule has 0 aliphatic carbocycles. The van der Waals surface area contributed by atoms with E-state index in [2.05, 4.69) is 9.97 Å². The molecule has 156 valence electrons. The van der Waals surface area contributed by atoms with Crippen molar-refractivity contribution >= 4 is 16.2 Å². The molecule has 8 nitrogen and oxygen atoms in total. The molecule has 1 N–H and O–H groups in total. The third-order valence-electron chi connectivity index (χ3n) is 5.17. The van der Waals surface area contributed by atoms with E-state index in [0.29, 0.717) is 36.6 Å². The van der Waals surface area contributed by atoms with E-state index in [1.165, 1.54) is 8.61 Å². The molecule has 0 saturated carbocycles. The molecular weight excluding hydrogens is 392 g/mol. The number of carboxylic acid groups (broad SMARTS) is 1. The summed E-state index contributed by atoms with van der Waals surface area (Å²) >= 11 is 0. The summed E-state index contributed by atoms with van der Waals surface area (Å²) in [4.78, 5) is 20.7. The van der Waals surface area contributed by atoms with Gasteiger partial charge in [-0.05, 0) is 37.8 Å². The summed E-state index contributed by atoms with van der Waals surface area (Å²) in [5, 5.41) is 9.46. The molecule has 3 rings (SSSR count). The standard InChI is InChI=1S/C20H26N4O4S/c1-14-12-18(16-6-4-5-7-17(16)20(25)26)22-19(21-14)13-15-8-10-24(11-9-15)29(27,28)23(2)3/h4-7,12,15H,8-11,13H2,1-3H3,(H,25,26). The van der Waals surface area contributed by atoms with Crippen LogP contribution in [-0.2, 0) is 16.6 Å². The monoisotopic (exact) mass is 418 g/mol. The number of carbonyl (C=O) groups is 1. The second-order valence-corrected chi connectivity index (χ2v) is 9.64. The van der Waals surface area contributed by atoms with Gasteiger partial charge in [-0.2, -0.15) is 17.0 Å². The largest absolute Gasteiger partial charge is 0.478 e. The number of rotatable bonds is 6. The van der Waals surface area contributed by atoms with Crippen molar-refractivity contribution < 1.29 is 18.3 Å². The second kappa shape index (κ2) is 8.56. The second-order valence-electron chi connectivity index (χ2n) is 7.50. The third-order valence-corrected chi connectivity index (χ3v) is 7.11. The van der Waals surface area contributed by atoms with Crippen molar-refractivity contribution in [2.24, 2.45) is 5.92 Å². The normalized spacial score (nSPS) is 16.3. The van der Waals surface area contributed by atoms with Crippen molar-refractivity contribution in [1.29, 1.82) is 0 Å². The zero-order chi connectivity index (χ0) is 21.2. The van der Waals surface area contributed by atoms with Gasteiger partial charge in [0.1, 0.15) is 5.82 Å². The van der Waals surface area contributed by atoms with Gasteiger partial charge in [0.2, 0.25) is 0 Å². The highest BCUT2D eigenvalue weighted by Crippen LogP contribution is 2.26. The summed E-state index contributed by atoms with van der Waals surface area (Å²) in [6.07, 6.45) is 2.12. The van der Waals surface area contributed by atoms with Gasteiger partial charge in [0.25, 0.3) is 10.2 Å². The highest BCUT2D eigenvalue weighted by atomic mass is 32.2. The van der Waals surface area contributed by atoms with Crippen LogP contribution >= 0.6 is 0 Å². The SMILES string of the molecule is Cc1cc(-c2ccccc2C(=O)O)nc(CC2CCN(S(=O)(=O)N(C)C)CC2)n1. The van der Waals surface area contributed by atoms with Gasteiger partial charge in [-0.1, -0.05) is 18.2 Å². The van der Waals surface area contributed by atoms with Gasteiger partial charge in [0.15, 0.2) is 0 Å². The van der Waals surface area contributed by atoms with Crippen LogP contribution in [-0.4, -0.2) is 65.3 Å². The van der Waals surface area contributed by atoms with Crippen LogP contribution in [0.15, 0.2) is 30.3 Å². The molecule has 1 fully saturated rings. The molecule has 2 heterocycles. The molecule has 0 unspecified atom stereocenters. The minimum Gasteiger partial charge on any atom is -0.478 e. The summed E-state index contributed by atoms with van der Waals surface area (Å²) in [5.41, 5.74) is 2.15. The summed E-state index contributed by atoms with van der Waals surface area (Å²) in [6.45, 7) is 2.82. The molecule has 1 aromatic carbocycles. The lowest BCUT2D eigenvalue weighted by Gasteiger charge is -2.32. The molecule has 1 aliphatic heterocycles. The predicted octanol–water partition coefficient (Wildman–Crippen LogP) is 2.21. The van der Waals surface area contributed by atoms with Crippen molar-refractivity contribution in [3.05, 3.63) is 47.4 Å². The molecule has 0 radical (unpaired) electrons. The molecule has 1 saturated heterocycles. The molecule has 1 aromatic heterocycles. The maximum atomic E-state index is 12.3. The Morgan fingerprint density at radius 1 is 1.21 bits per heavy atom. The molecule has 29 heavy (non-hydrogen) atoms. The summed E-state index contributed by atoms with van der Waals surface area (Å²) < 4.78 is 27.3. The van der Waals surface area contributed by atoms with Crippen LogP contribution in [0.3, 0.4) is 0 Å². The number of benzene rings is 1. The Morgan fingerprint density at radius 3 is 2.48 bits per heavy atom. The first-order chi connectivity index (χ1) is 13.7. The maximum absolute atomic E-state index is 12.3. The zero-order valence-corrected chi connectivity index (χ0v) is 17.7. The lowest BCUT2D eigenvalue weighted by molar-refractivity contribution is 0.0697. The number of hydrogen-bond acceptors (Lipinski definition) is 5. The van der Waals surface area contributed by atoms with E-state index in [1.54, 1.807) is 44.4 Å². The van der Waals surface area contributed by atoms with Crippen molar-refractivity contribution in [3.8, 4) is 11.3 Å². The predicted molar refractivity (Wildman–Crippen MR) is 110 cm³/mol. The Hall–Kier alpha value is -2.36. The van der Waals surface area contributed by atoms with Gasteiger partial charge in [-0.3, -0.25) is 0 Å². The van der Waals surface area contributed by atoms with E-state index in [-0.39, 0.29) is 11.5 Å². The highest BCUT2D eigenvalue weighted by molar-refractivity contribution is 7.86. The maximum Gasteiger partial charge on any atom is 0.336 e. The van der Waals surface area contributed by atoms with E-state index >= 15 is 0 Å². The lowest BCUT2D eigenvalue weighted by Crippen LogP contribution is -2.44. The fourth-order valence-corrected chi connectivity index (χ4v) is 4.72. The van der Waals surface area contributed by atoms with Gasteiger partial charge < -0.3 is 5.11 Å². The number of aromatic nitrogens is 2. The molecular formula is C20H26N4O4S. The Morgan fingerprint density at radius 2 is 1.86 bits per heavy atom. The van der Waals surface area contributed by atoms with Crippen molar-refractivity contribution in [1.82, 2.24) is 18.6 Å². The first kappa shape index (κ1) is 21.4. The third kappa shape index (κ3) is 4.80. The van der Waals surface area contributed by atoms with Crippen LogP contribution in [0.5, 0.6) is 0 Å². The molecule has 9 heteroatoms. The number of aromatic carboxylic acids is 1. The minimum atomic E-state index is -3.38. The Kier molecular flexibility index (Phi) is 6.30. The summed E-state index contributed by atoms with van der Waals surface area (Å²) in [7, 11) is -0.298. The van der Waals surface area contributed by atoms with Crippen LogP contribution in [0.25, 0.3) is 11.3 Å². The van der Waals surface area contributed by atoms with Gasteiger partial charge in [-0.15, -0.1) is 0 Å². The molecule has 1 aliphatic rings. The van der Waals surface area contributed by atoms with Crippen molar-refractivity contribution in [2.75, 3.05) is 27.2 Å². The van der Waals surface area contributed by atoms with Crippen LogP contribution in [0.1, 0.15) is 34.7 Å². The zero-order valence-electron chi connectivity index (χ0n) is 16.9. The van der Waals surface area contributed by atoms with Crippen LogP contribution in [0.4, 0.5) is 0 Å². The minimum absolute atomic E-state index is 0.207. The summed E-state index contributed by atoms with van der Waals surface area (Å²) in [6, 6.07) is 8.59. The quantitative estimate of drug-likeness (QED) is 0.771. The summed E-state index contributed by atoms with van der Waals surface area (Å²) in [5.74, 6) is -0.0463. The molecule has 0 atom stereocenters. The van der Waals surface area contributed by atoms with Crippen LogP contribution in [0, 0.1) is 12.8 Å². The van der Waals surface area contributed by atoms with E-state index in [1.807, 2.05) is 6.92 Å². The molecule has 0 bridgehead atoms. The van der Waals surface area contributed by atoms with Gasteiger partial charge in [0.05, 0.1) is 11.3 Å². The number of aryl methyl sites for hydroxylation is 1. The first-order valence-corrected chi connectivity index (χ1v) is 10.9. The fourth-order valence-electron chi connectivity index (χ4n) is 3.59. The number of nitrogens with zero attached hydrogens (tertiary/aromatic N) is 4. The number of carboxylic acids is 1. The first-order valence-electron chi connectivity index (χ1n) is 9.53.